The van der Waals surface area contributed by atoms with Gasteiger partial charge < -0.3 is 16.0 Å². The summed E-state index contributed by atoms with van der Waals surface area (Å²) in [6.45, 7) is 0. The zero-order valence-electron chi connectivity index (χ0n) is 15.1. The van der Waals surface area contributed by atoms with Crippen LogP contribution in [0.2, 0.25) is 0 Å². The minimum atomic E-state index is -0.0927. The molecule has 2 aliphatic carbocycles. The van der Waals surface area contributed by atoms with E-state index in [-0.39, 0.29) is 28.9 Å². The zero-order chi connectivity index (χ0) is 18.4. The predicted molar refractivity (Wildman–Crippen MR) is 107 cm³/mol. The highest BCUT2D eigenvalue weighted by atomic mass is 32.1. The first-order chi connectivity index (χ1) is 12.6. The van der Waals surface area contributed by atoms with Gasteiger partial charge in [0.15, 0.2) is 5.11 Å². The Morgan fingerprint density at radius 2 is 1.58 bits per heavy atom. The summed E-state index contributed by atoms with van der Waals surface area (Å²) in [5, 5.41) is 9.16. The Labute approximate surface area is 160 Å². The number of benzene rings is 1. The summed E-state index contributed by atoms with van der Waals surface area (Å²) in [7, 11) is 0. The van der Waals surface area contributed by atoms with Gasteiger partial charge in [0.2, 0.25) is 5.91 Å². The van der Waals surface area contributed by atoms with Gasteiger partial charge in [0.25, 0.3) is 5.91 Å². The predicted octanol–water partition coefficient (Wildman–Crippen LogP) is 3.75. The van der Waals surface area contributed by atoms with E-state index in [0.717, 1.165) is 38.5 Å². The second-order valence-electron chi connectivity index (χ2n) is 7.28. The summed E-state index contributed by atoms with van der Waals surface area (Å²) >= 11 is 5.28. The molecule has 2 amide bonds. The van der Waals surface area contributed by atoms with E-state index in [1.807, 2.05) is 18.2 Å². The van der Waals surface area contributed by atoms with Crippen LogP contribution >= 0.6 is 12.2 Å². The lowest BCUT2D eigenvalue weighted by Gasteiger charge is -2.23. The van der Waals surface area contributed by atoms with E-state index in [0.29, 0.717) is 11.3 Å². The molecule has 3 rings (SSSR count). The topological polar surface area (TPSA) is 70.2 Å². The second-order valence-corrected chi connectivity index (χ2v) is 7.69. The van der Waals surface area contributed by atoms with E-state index in [2.05, 4.69) is 16.0 Å². The van der Waals surface area contributed by atoms with Gasteiger partial charge in [-0.1, -0.05) is 44.2 Å². The van der Waals surface area contributed by atoms with Crippen LogP contribution in [0.1, 0.15) is 68.1 Å². The van der Waals surface area contributed by atoms with Crippen molar-refractivity contribution in [3.05, 3.63) is 29.8 Å². The highest BCUT2D eigenvalue weighted by Gasteiger charge is 2.24. The number of thiocarbonyl (C=S) groups is 1. The minimum absolute atomic E-state index is 0.0239. The van der Waals surface area contributed by atoms with Gasteiger partial charge in [0, 0.05) is 12.0 Å². The van der Waals surface area contributed by atoms with E-state index in [1.165, 1.54) is 19.3 Å². The second kappa shape index (κ2) is 9.12. The lowest BCUT2D eigenvalue weighted by atomic mass is 9.95. The third-order valence-corrected chi connectivity index (χ3v) is 5.53. The maximum atomic E-state index is 12.7. The summed E-state index contributed by atoms with van der Waals surface area (Å²) in [5.41, 5.74) is 1.17. The highest BCUT2D eigenvalue weighted by molar-refractivity contribution is 7.80. The number of rotatable bonds is 4. The Hall–Kier alpha value is -1.95. The maximum absolute atomic E-state index is 12.7. The molecule has 0 heterocycles. The van der Waals surface area contributed by atoms with Crippen LogP contribution in [0, 0.1) is 5.92 Å². The van der Waals surface area contributed by atoms with Crippen molar-refractivity contribution in [1.29, 1.82) is 0 Å². The molecule has 140 valence electrons. The van der Waals surface area contributed by atoms with Crippen LogP contribution in [-0.4, -0.2) is 23.0 Å². The van der Waals surface area contributed by atoms with Crippen LogP contribution in [0.15, 0.2) is 24.3 Å². The first-order valence-corrected chi connectivity index (χ1v) is 10.1. The molecule has 26 heavy (non-hydrogen) atoms. The fourth-order valence-corrected chi connectivity index (χ4v) is 4.07. The average Bonchev–Trinajstić information content (AvgIpc) is 3.17. The SMILES string of the molecule is O=C(NC1CCCCC1)c1ccccc1NC(=S)NC(=O)C1CCCC1. The quantitative estimate of drug-likeness (QED) is 0.703. The van der Waals surface area contributed by atoms with E-state index >= 15 is 0 Å². The van der Waals surface area contributed by atoms with Crippen LogP contribution in [0.3, 0.4) is 0 Å². The van der Waals surface area contributed by atoms with Crippen molar-refractivity contribution in [1.82, 2.24) is 10.6 Å². The number of amides is 2. The monoisotopic (exact) mass is 373 g/mol. The Balaban J connectivity index is 1.59. The molecule has 0 aliphatic heterocycles. The summed E-state index contributed by atoms with van der Waals surface area (Å²) in [4.78, 5) is 24.9. The summed E-state index contributed by atoms with van der Waals surface area (Å²) in [5.74, 6) is -0.0614. The number of carbonyl (C=O) groups excluding carboxylic acids is 2. The van der Waals surface area contributed by atoms with Gasteiger partial charge in [-0.15, -0.1) is 0 Å². The molecule has 0 spiro atoms. The van der Waals surface area contributed by atoms with Gasteiger partial charge >= 0.3 is 0 Å². The molecular weight excluding hydrogens is 346 g/mol. The fraction of sp³-hybridized carbons (Fsp3) is 0.550. The molecule has 0 bridgehead atoms. The van der Waals surface area contributed by atoms with Gasteiger partial charge in [0.05, 0.1) is 11.3 Å². The van der Waals surface area contributed by atoms with Crippen LogP contribution in [0.25, 0.3) is 0 Å². The van der Waals surface area contributed by atoms with Crippen LogP contribution in [0.5, 0.6) is 0 Å². The largest absolute Gasteiger partial charge is 0.349 e. The molecule has 0 radical (unpaired) electrons. The third kappa shape index (κ3) is 5.04. The average molecular weight is 374 g/mol. The Morgan fingerprint density at radius 3 is 2.31 bits per heavy atom. The first kappa shape index (κ1) is 18.8. The maximum Gasteiger partial charge on any atom is 0.253 e. The van der Waals surface area contributed by atoms with Crippen molar-refractivity contribution in [3.8, 4) is 0 Å². The van der Waals surface area contributed by atoms with Crippen molar-refractivity contribution >= 4 is 34.8 Å². The van der Waals surface area contributed by atoms with Gasteiger partial charge in [-0.05, 0) is 50.0 Å². The minimum Gasteiger partial charge on any atom is -0.349 e. The van der Waals surface area contributed by atoms with E-state index in [4.69, 9.17) is 12.2 Å². The molecule has 0 aromatic heterocycles. The molecule has 6 heteroatoms. The molecule has 2 saturated carbocycles. The Morgan fingerprint density at radius 1 is 0.923 bits per heavy atom. The van der Waals surface area contributed by atoms with Crippen molar-refractivity contribution in [3.63, 3.8) is 0 Å². The Kier molecular flexibility index (Phi) is 6.61. The first-order valence-electron chi connectivity index (χ1n) is 9.65. The van der Waals surface area contributed by atoms with Crippen molar-refractivity contribution in [2.45, 2.75) is 63.8 Å². The van der Waals surface area contributed by atoms with Gasteiger partial charge in [0.1, 0.15) is 0 Å². The molecule has 0 unspecified atom stereocenters. The normalized spacial score (nSPS) is 18.3. The molecule has 3 N–H and O–H groups in total. The van der Waals surface area contributed by atoms with Crippen molar-refractivity contribution in [2.24, 2.45) is 5.92 Å². The van der Waals surface area contributed by atoms with Crippen LogP contribution in [0.4, 0.5) is 5.69 Å². The molecule has 1 aromatic rings. The fourth-order valence-electron chi connectivity index (χ4n) is 3.86. The van der Waals surface area contributed by atoms with E-state index in [1.54, 1.807) is 6.07 Å². The molecule has 5 nitrogen and oxygen atoms in total. The summed E-state index contributed by atoms with van der Waals surface area (Å²) in [6.07, 6.45) is 9.71. The number of para-hydroxylation sites is 1. The van der Waals surface area contributed by atoms with Crippen molar-refractivity contribution < 1.29 is 9.59 Å². The molecule has 1 aromatic carbocycles. The molecule has 2 fully saturated rings. The molecule has 0 saturated heterocycles. The lowest BCUT2D eigenvalue weighted by Crippen LogP contribution is -2.39. The third-order valence-electron chi connectivity index (χ3n) is 5.32. The zero-order valence-corrected chi connectivity index (χ0v) is 15.9. The molecule has 2 aliphatic rings. The number of hydrogen-bond acceptors (Lipinski definition) is 3. The number of carbonyl (C=O) groups is 2. The summed E-state index contributed by atoms with van der Waals surface area (Å²) in [6, 6.07) is 7.52. The highest BCUT2D eigenvalue weighted by Crippen LogP contribution is 2.25. The molecule has 0 atom stereocenters. The number of anilines is 1. The summed E-state index contributed by atoms with van der Waals surface area (Å²) < 4.78 is 0. The number of hydrogen-bond donors (Lipinski definition) is 3. The van der Waals surface area contributed by atoms with E-state index < -0.39 is 0 Å². The molecular formula is C20H27N3O2S. The van der Waals surface area contributed by atoms with Crippen molar-refractivity contribution in [2.75, 3.05) is 5.32 Å². The van der Waals surface area contributed by atoms with Gasteiger partial charge in [-0.2, -0.15) is 0 Å². The van der Waals surface area contributed by atoms with E-state index in [9.17, 15) is 9.59 Å². The smallest absolute Gasteiger partial charge is 0.253 e. The standard InChI is InChI=1S/C20H27N3O2S/c24-18(14-8-4-5-9-14)23-20(26)22-17-13-7-6-12-16(17)19(25)21-15-10-2-1-3-11-15/h6-7,12-15H,1-5,8-11H2,(H,21,25)(H2,22,23,24,26). The van der Waals surface area contributed by atoms with Crippen LogP contribution in [-0.2, 0) is 4.79 Å². The van der Waals surface area contributed by atoms with Gasteiger partial charge in [-0.25, -0.2) is 0 Å². The van der Waals surface area contributed by atoms with Gasteiger partial charge in [-0.3, -0.25) is 9.59 Å². The van der Waals surface area contributed by atoms with Crippen LogP contribution < -0.4 is 16.0 Å². The lowest BCUT2D eigenvalue weighted by molar-refractivity contribution is -0.123. The number of nitrogens with one attached hydrogen (secondary N) is 3. The Bertz CT molecular complexity index is 665.